The third-order valence-electron chi connectivity index (χ3n) is 4.17. The van der Waals surface area contributed by atoms with Crippen molar-refractivity contribution >= 4 is 11.8 Å². The highest BCUT2D eigenvalue weighted by Gasteiger charge is 2.20. The molecule has 0 amide bonds. The summed E-state index contributed by atoms with van der Waals surface area (Å²) < 4.78 is 28.5. The highest BCUT2D eigenvalue weighted by Crippen LogP contribution is 2.30. The van der Waals surface area contributed by atoms with Gasteiger partial charge in [-0.3, -0.25) is 4.79 Å². The summed E-state index contributed by atoms with van der Waals surface area (Å²) in [7, 11) is 3.04. The van der Waals surface area contributed by atoms with Crippen LogP contribution in [0.25, 0.3) is 11.4 Å². The van der Waals surface area contributed by atoms with Gasteiger partial charge >= 0.3 is 5.97 Å². The molecule has 0 spiro atoms. The molecule has 30 heavy (non-hydrogen) atoms. The van der Waals surface area contributed by atoms with Gasteiger partial charge in [0.15, 0.2) is 24.1 Å². The van der Waals surface area contributed by atoms with Crippen molar-refractivity contribution < 1.29 is 28.2 Å². The van der Waals surface area contributed by atoms with E-state index in [4.69, 9.17) is 14.2 Å². The van der Waals surface area contributed by atoms with Crippen molar-refractivity contribution in [1.82, 2.24) is 20.2 Å². The molecule has 1 aromatic heterocycles. The fourth-order valence-corrected chi connectivity index (χ4v) is 2.65. The van der Waals surface area contributed by atoms with E-state index in [1.54, 1.807) is 18.2 Å². The van der Waals surface area contributed by atoms with Crippen LogP contribution in [0.3, 0.4) is 0 Å². The Bertz CT molecular complexity index is 1050. The van der Waals surface area contributed by atoms with Crippen molar-refractivity contribution in [3.8, 4) is 22.9 Å². The van der Waals surface area contributed by atoms with Crippen molar-refractivity contribution in [2.45, 2.75) is 19.6 Å². The summed E-state index contributed by atoms with van der Waals surface area (Å²) in [5.74, 6) is -0.288. The van der Waals surface area contributed by atoms with Crippen molar-refractivity contribution in [2.24, 2.45) is 0 Å². The van der Waals surface area contributed by atoms with Gasteiger partial charge in [0.1, 0.15) is 5.82 Å². The van der Waals surface area contributed by atoms with Gasteiger partial charge in [0.25, 0.3) is 0 Å². The van der Waals surface area contributed by atoms with Gasteiger partial charge < -0.3 is 14.2 Å². The van der Waals surface area contributed by atoms with Gasteiger partial charge in [0.05, 0.1) is 14.2 Å². The molecule has 3 aromatic rings. The van der Waals surface area contributed by atoms with E-state index in [2.05, 4.69) is 15.4 Å². The zero-order chi connectivity index (χ0) is 21.7. The number of rotatable bonds is 8. The third-order valence-corrected chi connectivity index (χ3v) is 4.17. The number of esters is 1. The molecule has 0 aliphatic rings. The van der Waals surface area contributed by atoms with Gasteiger partial charge in [0, 0.05) is 11.1 Å². The normalized spacial score (nSPS) is 11.6. The number of benzene rings is 2. The molecule has 156 valence electrons. The largest absolute Gasteiger partial charge is 0.493 e. The first-order valence-corrected chi connectivity index (χ1v) is 8.90. The lowest BCUT2D eigenvalue weighted by Crippen LogP contribution is -2.27. The predicted molar refractivity (Wildman–Crippen MR) is 103 cm³/mol. The number of ketones is 1. The highest BCUT2D eigenvalue weighted by molar-refractivity contribution is 6.00. The van der Waals surface area contributed by atoms with Crippen LogP contribution in [0.4, 0.5) is 4.39 Å². The van der Waals surface area contributed by atoms with Crippen LogP contribution in [0.1, 0.15) is 17.3 Å². The first kappa shape index (κ1) is 20.9. The molecule has 0 fully saturated rings. The van der Waals surface area contributed by atoms with Gasteiger partial charge in [0.2, 0.25) is 11.6 Å². The van der Waals surface area contributed by atoms with Crippen LogP contribution in [-0.4, -0.2) is 52.3 Å². The molecule has 0 saturated carbocycles. The standard InChI is InChI=1S/C20H19FN4O5/c1-12(19(27)13-4-7-15(21)8-5-13)30-18(26)11-25-23-20(22-24-25)14-6-9-16(28-2)17(10-14)29-3/h4-10,12H,11H2,1-3H3/t12-/m0/s1. The Morgan fingerprint density at radius 1 is 1.07 bits per heavy atom. The Hall–Kier alpha value is -3.82. The summed E-state index contributed by atoms with van der Waals surface area (Å²) in [5, 5.41) is 11.9. The maximum absolute atomic E-state index is 13.0. The van der Waals surface area contributed by atoms with Crippen LogP contribution >= 0.6 is 0 Å². The lowest BCUT2D eigenvalue weighted by atomic mass is 10.1. The maximum atomic E-state index is 13.0. The van der Waals surface area contributed by atoms with Crippen LogP contribution in [0.15, 0.2) is 42.5 Å². The molecule has 1 atom stereocenters. The Morgan fingerprint density at radius 2 is 1.77 bits per heavy atom. The topological polar surface area (TPSA) is 105 Å². The number of ether oxygens (including phenoxy) is 3. The van der Waals surface area contributed by atoms with Crippen molar-refractivity contribution in [1.29, 1.82) is 0 Å². The minimum atomic E-state index is -1.04. The van der Waals surface area contributed by atoms with Crippen LogP contribution in [0.5, 0.6) is 11.5 Å². The summed E-state index contributed by atoms with van der Waals surface area (Å²) >= 11 is 0. The minimum Gasteiger partial charge on any atom is -0.493 e. The lowest BCUT2D eigenvalue weighted by molar-refractivity contribution is -0.147. The van der Waals surface area contributed by atoms with Gasteiger partial charge in [-0.25, -0.2) is 9.18 Å². The van der Waals surface area contributed by atoms with E-state index in [9.17, 15) is 14.0 Å². The zero-order valence-electron chi connectivity index (χ0n) is 16.5. The quantitative estimate of drug-likeness (QED) is 0.408. The molecule has 9 nitrogen and oxygen atoms in total. The van der Waals surface area contributed by atoms with Crippen LogP contribution in [0.2, 0.25) is 0 Å². The molecule has 0 aliphatic carbocycles. The van der Waals surface area contributed by atoms with Crippen LogP contribution < -0.4 is 9.47 Å². The van der Waals surface area contributed by atoms with E-state index in [1.807, 2.05) is 0 Å². The van der Waals surface area contributed by atoms with E-state index in [0.29, 0.717) is 17.1 Å². The number of aromatic nitrogens is 4. The molecule has 0 bridgehead atoms. The molecule has 0 saturated heterocycles. The fourth-order valence-electron chi connectivity index (χ4n) is 2.65. The lowest BCUT2D eigenvalue weighted by Gasteiger charge is -2.12. The molecule has 10 heteroatoms. The smallest absolute Gasteiger partial charge is 0.330 e. The number of Topliss-reactive ketones (excluding diaryl/α,β-unsaturated/α-hetero) is 1. The first-order chi connectivity index (χ1) is 14.4. The Kier molecular flexibility index (Phi) is 6.35. The van der Waals surface area contributed by atoms with Gasteiger partial charge in [-0.15, -0.1) is 10.2 Å². The van der Waals surface area contributed by atoms with E-state index < -0.39 is 23.7 Å². The summed E-state index contributed by atoms with van der Waals surface area (Å²) in [4.78, 5) is 25.5. The number of carbonyl (C=O) groups is 2. The Labute approximate surface area is 171 Å². The number of hydrogen-bond donors (Lipinski definition) is 0. The van der Waals surface area contributed by atoms with E-state index >= 15 is 0 Å². The molecule has 0 N–H and O–H groups in total. The number of halogens is 1. The highest BCUT2D eigenvalue weighted by atomic mass is 19.1. The van der Waals surface area contributed by atoms with E-state index in [0.717, 1.165) is 16.9 Å². The number of carbonyl (C=O) groups excluding carboxylic acids is 2. The summed E-state index contributed by atoms with van der Waals surface area (Å²) in [6.07, 6.45) is -1.04. The number of tetrazole rings is 1. The van der Waals surface area contributed by atoms with Crippen molar-refractivity contribution in [3.05, 3.63) is 53.8 Å². The summed E-state index contributed by atoms with van der Waals surface area (Å²) in [6.45, 7) is 1.11. The Balaban J connectivity index is 1.63. The molecule has 0 aliphatic heterocycles. The van der Waals surface area contributed by atoms with E-state index in [-0.39, 0.29) is 17.9 Å². The average Bonchev–Trinajstić information content (AvgIpc) is 3.21. The van der Waals surface area contributed by atoms with Gasteiger partial charge in [-0.05, 0) is 54.6 Å². The number of nitrogens with zero attached hydrogens (tertiary/aromatic N) is 4. The molecular weight excluding hydrogens is 395 g/mol. The summed E-state index contributed by atoms with van der Waals surface area (Å²) in [6, 6.07) is 10.1. The third kappa shape index (κ3) is 4.77. The molecular formula is C20H19FN4O5. The number of methoxy groups -OCH3 is 2. The van der Waals surface area contributed by atoms with Crippen molar-refractivity contribution in [2.75, 3.05) is 14.2 Å². The average molecular weight is 414 g/mol. The first-order valence-electron chi connectivity index (χ1n) is 8.90. The second-order valence-electron chi connectivity index (χ2n) is 6.22. The van der Waals surface area contributed by atoms with Crippen LogP contribution in [0, 0.1) is 5.82 Å². The van der Waals surface area contributed by atoms with E-state index in [1.165, 1.54) is 33.3 Å². The molecule has 1 heterocycles. The van der Waals surface area contributed by atoms with Crippen LogP contribution in [-0.2, 0) is 16.1 Å². The summed E-state index contributed by atoms with van der Waals surface area (Å²) in [5.41, 5.74) is 0.860. The molecule has 0 unspecified atom stereocenters. The second kappa shape index (κ2) is 9.12. The SMILES string of the molecule is COc1ccc(-c2nnn(CC(=O)O[C@@H](C)C(=O)c3ccc(F)cc3)n2)cc1OC. The zero-order valence-corrected chi connectivity index (χ0v) is 16.5. The van der Waals surface area contributed by atoms with Crippen molar-refractivity contribution in [3.63, 3.8) is 0 Å². The van der Waals surface area contributed by atoms with Gasteiger partial charge in [-0.1, -0.05) is 0 Å². The Morgan fingerprint density at radius 3 is 2.43 bits per heavy atom. The predicted octanol–water partition coefficient (Wildman–Crippen LogP) is 2.31. The molecule has 2 aromatic carbocycles. The fraction of sp³-hybridized carbons (Fsp3) is 0.250. The molecule has 3 rings (SSSR count). The maximum Gasteiger partial charge on any atom is 0.330 e. The second-order valence-corrected chi connectivity index (χ2v) is 6.22. The number of hydrogen-bond acceptors (Lipinski definition) is 8. The molecule has 0 radical (unpaired) electrons. The monoisotopic (exact) mass is 414 g/mol. The minimum absolute atomic E-state index is 0.242. The van der Waals surface area contributed by atoms with Gasteiger partial charge in [-0.2, -0.15) is 4.80 Å².